The first-order valence-electron chi connectivity index (χ1n) is 7.81. The molecule has 0 aliphatic heterocycles. The smallest absolute Gasteiger partial charge is 0.228 e. The number of carbonyl (C=O) groups is 1. The van der Waals surface area contributed by atoms with E-state index in [0.29, 0.717) is 16.4 Å². The van der Waals surface area contributed by atoms with E-state index in [1.54, 1.807) is 13.2 Å². The Labute approximate surface area is 151 Å². The van der Waals surface area contributed by atoms with Crippen LogP contribution < -0.4 is 10.1 Å². The highest BCUT2D eigenvalue weighted by atomic mass is 35.5. The van der Waals surface area contributed by atoms with Crippen LogP contribution in [-0.2, 0) is 11.2 Å². The predicted octanol–water partition coefficient (Wildman–Crippen LogP) is 4.23. The standard InChI is InChI=1S/C19H18ClN3O2/c1-12-18(19(23-22-12)15-8-3-4-9-16(15)20)21-17(24)11-13-6-5-7-14(10-13)25-2/h3-10H,11H2,1-2H3,(H,21,24)(H,22,23). The van der Waals surface area contributed by atoms with Crippen molar-refractivity contribution < 1.29 is 9.53 Å². The van der Waals surface area contributed by atoms with Crippen LogP contribution >= 0.6 is 11.6 Å². The van der Waals surface area contributed by atoms with Crippen molar-refractivity contribution in [2.24, 2.45) is 0 Å². The fourth-order valence-electron chi connectivity index (χ4n) is 2.58. The largest absolute Gasteiger partial charge is 0.497 e. The molecule has 1 heterocycles. The predicted molar refractivity (Wildman–Crippen MR) is 99.1 cm³/mol. The third kappa shape index (κ3) is 3.83. The van der Waals surface area contributed by atoms with Crippen molar-refractivity contribution in [3.8, 4) is 17.0 Å². The molecule has 0 aliphatic carbocycles. The molecule has 2 N–H and O–H groups in total. The van der Waals surface area contributed by atoms with Crippen LogP contribution in [0.5, 0.6) is 5.75 Å². The second-order valence-corrected chi connectivity index (χ2v) is 6.04. The maximum absolute atomic E-state index is 12.5. The minimum Gasteiger partial charge on any atom is -0.497 e. The van der Waals surface area contributed by atoms with Gasteiger partial charge in [-0.15, -0.1) is 0 Å². The van der Waals surface area contributed by atoms with Gasteiger partial charge in [0.1, 0.15) is 11.4 Å². The molecule has 0 saturated carbocycles. The van der Waals surface area contributed by atoms with Crippen molar-refractivity contribution in [3.63, 3.8) is 0 Å². The molecular weight excluding hydrogens is 338 g/mol. The lowest BCUT2D eigenvalue weighted by atomic mass is 10.1. The summed E-state index contributed by atoms with van der Waals surface area (Å²) >= 11 is 6.26. The number of hydrogen-bond acceptors (Lipinski definition) is 3. The fraction of sp³-hybridized carbons (Fsp3) is 0.158. The van der Waals surface area contributed by atoms with Crippen molar-refractivity contribution >= 4 is 23.2 Å². The Morgan fingerprint density at radius 3 is 2.80 bits per heavy atom. The van der Waals surface area contributed by atoms with Gasteiger partial charge >= 0.3 is 0 Å². The summed E-state index contributed by atoms with van der Waals surface area (Å²) in [6.45, 7) is 1.86. The molecule has 128 valence electrons. The SMILES string of the molecule is COc1cccc(CC(=O)Nc2c(-c3ccccc3Cl)n[nH]c2C)c1. The van der Waals surface area contributed by atoms with Crippen molar-refractivity contribution in [1.29, 1.82) is 0 Å². The topological polar surface area (TPSA) is 67.0 Å². The van der Waals surface area contributed by atoms with Gasteiger partial charge in [0, 0.05) is 5.56 Å². The molecule has 6 heteroatoms. The number of amides is 1. The van der Waals surface area contributed by atoms with Crippen LogP contribution in [-0.4, -0.2) is 23.2 Å². The van der Waals surface area contributed by atoms with Crippen LogP contribution in [0.25, 0.3) is 11.3 Å². The van der Waals surface area contributed by atoms with Crippen molar-refractivity contribution in [2.75, 3.05) is 12.4 Å². The first-order chi connectivity index (χ1) is 12.1. The quantitative estimate of drug-likeness (QED) is 0.719. The van der Waals surface area contributed by atoms with Crippen LogP contribution in [0.4, 0.5) is 5.69 Å². The lowest BCUT2D eigenvalue weighted by Gasteiger charge is -2.09. The van der Waals surface area contributed by atoms with Gasteiger partial charge < -0.3 is 10.1 Å². The van der Waals surface area contributed by atoms with Crippen LogP contribution in [0.2, 0.25) is 5.02 Å². The Morgan fingerprint density at radius 2 is 2.04 bits per heavy atom. The summed E-state index contributed by atoms with van der Waals surface area (Å²) in [7, 11) is 1.60. The molecule has 3 rings (SSSR count). The van der Waals surface area contributed by atoms with Gasteiger partial charge in [0.15, 0.2) is 0 Å². The first kappa shape index (κ1) is 17.0. The molecular formula is C19H18ClN3O2. The highest BCUT2D eigenvalue weighted by Gasteiger charge is 2.17. The van der Waals surface area contributed by atoms with Crippen LogP contribution in [0, 0.1) is 6.92 Å². The number of aryl methyl sites for hydroxylation is 1. The number of rotatable bonds is 5. The van der Waals surface area contributed by atoms with Gasteiger partial charge in [-0.1, -0.05) is 41.9 Å². The third-order valence-corrected chi connectivity index (χ3v) is 4.17. The molecule has 2 aromatic carbocycles. The Balaban J connectivity index is 1.82. The van der Waals surface area contributed by atoms with Crippen LogP contribution in [0.15, 0.2) is 48.5 Å². The van der Waals surface area contributed by atoms with E-state index in [4.69, 9.17) is 16.3 Å². The average molecular weight is 356 g/mol. The molecule has 0 saturated heterocycles. The van der Waals surface area contributed by atoms with E-state index in [0.717, 1.165) is 22.6 Å². The van der Waals surface area contributed by atoms with E-state index in [9.17, 15) is 4.79 Å². The Hall–Kier alpha value is -2.79. The number of nitrogens with one attached hydrogen (secondary N) is 2. The summed E-state index contributed by atoms with van der Waals surface area (Å²) in [6.07, 6.45) is 0.240. The fourth-order valence-corrected chi connectivity index (χ4v) is 2.81. The number of H-pyrrole nitrogens is 1. The summed E-state index contributed by atoms with van der Waals surface area (Å²) in [5.41, 5.74) is 3.68. The zero-order chi connectivity index (χ0) is 17.8. The average Bonchev–Trinajstić information content (AvgIpc) is 2.96. The molecule has 1 amide bonds. The van der Waals surface area contributed by atoms with Gasteiger partial charge in [-0.2, -0.15) is 5.10 Å². The summed E-state index contributed by atoms with van der Waals surface area (Å²) in [6, 6.07) is 14.8. The number of anilines is 1. The van der Waals surface area contributed by atoms with E-state index in [-0.39, 0.29) is 12.3 Å². The van der Waals surface area contributed by atoms with Gasteiger partial charge in [0.05, 0.1) is 29.9 Å². The second-order valence-electron chi connectivity index (χ2n) is 5.63. The number of halogens is 1. The molecule has 0 spiro atoms. The number of carbonyl (C=O) groups excluding carboxylic acids is 1. The number of aromatic amines is 1. The summed E-state index contributed by atoms with van der Waals surface area (Å²) in [4.78, 5) is 12.5. The van der Waals surface area contributed by atoms with Crippen LogP contribution in [0.3, 0.4) is 0 Å². The lowest BCUT2D eigenvalue weighted by molar-refractivity contribution is -0.115. The number of benzene rings is 2. The Bertz CT molecular complexity index is 905. The molecule has 0 unspecified atom stereocenters. The molecule has 0 aliphatic rings. The van der Waals surface area contributed by atoms with E-state index in [1.165, 1.54) is 0 Å². The zero-order valence-corrected chi connectivity index (χ0v) is 14.7. The first-order valence-corrected chi connectivity index (χ1v) is 8.19. The Kier molecular flexibility index (Phi) is 5.05. The minimum atomic E-state index is -0.133. The molecule has 25 heavy (non-hydrogen) atoms. The molecule has 0 atom stereocenters. The highest BCUT2D eigenvalue weighted by Crippen LogP contribution is 2.33. The van der Waals surface area contributed by atoms with Crippen molar-refractivity contribution in [3.05, 3.63) is 64.8 Å². The maximum Gasteiger partial charge on any atom is 0.228 e. The molecule has 0 radical (unpaired) electrons. The lowest BCUT2D eigenvalue weighted by Crippen LogP contribution is -2.15. The van der Waals surface area contributed by atoms with Gasteiger partial charge in [-0.05, 0) is 30.7 Å². The normalized spacial score (nSPS) is 10.5. The van der Waals surface area contributed by atoms with Crippen molar-refractivity contribution in [1.82, 2.24) is 10.2 Å². The summed E-state index contributed by atoms with van der Waals surface area (Å²) in [5, 5.41) is 10.7. The number of nitrogens with zero attached hydrogens (tertiary/aromatic N) is 1. The summed E-state index contributed by atoms with van der Waals surface area (Å²) in [5.74, 6) is 0.590. The van der Waals surface area contributed by atoms with Gasteiger partial charge in [0.2, 0.25) is 5.91 Å². The number of aromatic nitrogens is 2. The van der Waals surface area contributed by atoms with E-state index < -0.39 is 0 Å². The van der Waals surface area contributed by atoms with Gasteiger partial charge in [-0.25, -0.2) is 0 Å². The molecule has 0 fully saturated rings. The van der Waals surface area contributed by atoms with Crippen LogP contribution in [0.1, 0.15) is 11.3 Å². The maximum atomic E-state index is 12.5. The Morgan fingerprint density at radius 1 is 1.24 bits per heavy atom. The minimum absolute atomic E-state index is 0.133. The number of ether oxygens (including phenoxy) is 1. The number of methoxy groups -OCH3 is 1. The van der Waals surface area contributed by atoms with E-state index >= 15 is 0 Å². The number of hydrogen-bond donors (Lipinski definition) is 2. The van der Waals surface area contributed by atoms with E-state index in [2.05, 4.69) is 15.5 Å². The van der Waals surface area contributed by atoms with Crippen molar-refractivity contribution in [2.45, 2.75) is 13.3 Å². The van der Waals surface area contributed by atoms with Gasteiger partial charge in [0.25, 0.3) is 0 Å². The highest BCUT2D eigenvalue weighted by molar-refractivity contribution is 6.33. The molecule has 5 nitrogen and oxygen atoms in total. The van der Waals surface area contributed by atoms with Gasteiger partial charge in [-0.3, -0.25) is 9.89 Å². The molecule has 0 bridgehead atoms. The summed E-state index contributed by atoms with van der Waals surface area (Å²) < 4.78 is 5.19. The van der Waals surface area contributed by atoms with E-state index in [1.807, 2.05) is 49.4 Å². The molecule has 1 aromatic heterocycles. The zero-order valence-electron chi connectivity index (χ0n) is 14.0. The third-order valence-electron chi connectivity index (χ3n) is 3.84. The second kappa shape index (κ2) is 7.40. The molecule has 3 aromatic rings. The monoisotopic (exact) mass is 355 g/mol.